The molecular weight excluding hydrogens is 757 g/mol. The van der Waals surface area contributed by atoms with Crippen molar-refractivity contribution in [3.8, 4) is 0 Å². The molecule has 8 atom stereocenters. The topological polar surface area (TPSA) is 172 Å². The first kappa shape index (κ1) is 57.0. The Hall–Kier alpha value is -1.01. The first-order chi connectivity index (χ1) is 29.3. The molecule has 0 spiro atoms. The molecule has 0 unspecified atom stereocenters. The minimum Gasteiger partial charge on any atom is -0.396 e. The molecular formula is C50H100N2O8. The molecule has 1 rings (SSSR count). The highest BCUT2D eigenvalue weighted by atomic mass is 16.5. The highest BCUT2D eigenvalue weighted by Gasteiger charge is 2.43. The zero-order valence-corrected chi connectivity index (χ0v) is 39.2. The first-order valence-electron chi connectivity index (χ1n) is 25.9. The van der Waals surface area contributed by atoms with Crippen molar-refractivity contribution in [1.29, 1.82) is 0 Å². The molecule has 1 fully saturated rings. The van der Waals surface area contributed by atoms with Gasteiger partial charge in [0.25, 0.3) is 0 Å². The van der Waals surface area contributed by atoms with Gasteiger partial charge in [0.15, 0.2) is 0 Å². The van der Waals surface area contributed by atoms with Gasteiger partial charge in [0.05, 0.1) is 31.0 Å². The van der Waals surface area contributed by atoms with E-state index in [4.69, 9.17) is 4.74 Å². The number of hydrogen-bond donors (Lipinski definition) is 8. The average Bonchev–Trinajstić information content (AvgIpc) is 3.25. The predicted molar refractivity (Wildman–Crippen MR) is 248 cm³/mol. The molecule has 0 radical (unpaired) electrons. The maximum absolute atomic E-state index is 13.0. The van der Waals surface area contributed by atoms with E-state index in [2.05, 4.69) is 24.5 Å². The fraction of sp³-hybridized carbons (Fsp3) is 0.980. The number of urea groups is 1. The smallest absolute Gasteiger partial charge is 0.315 e. The van der Waals surface area contributed by atoms with Gasteiger partial charge in [0, 0.05) is 19.1 Å². The lowest BCUT2D eigenvalue weighted by molar-refractivity contribution is -0.182. The van der Waals surface area contributed by atoms with Gasteiger partial charge in [-0.1, -0.05) is 226 Å². The fourth-order valence-corrected chi connectivity index (χ4v) is 8.87. The third-order valence-electron chi connectivity index (χ3n) is 13.1. The Morgan fingerprint density at radius 2 is 0.900 bits per heavy atom. The van der Waals surface area contributed by atoms with Crippen LogP contribution in [-0.2, 0) is 4.74 Å². The first-order valence-corrected chi connectivity index (χ1v) is 25.9. The number of carbonyl (C=O) groups excluding carboxylic acids is 1. The Morgan fingerprint density at radius 3 is 1.28 bits per heavy atom. The van der Waals surface area contributed by atoms with Crippen molar-refractivity contribution >= 4 is 6.03 Å². The summed E-state index contributed by atoms with van der Waals surface area (Å²) in [6.07, 6.45) is 36.6. The predicted octanol–water partition coefficient (Wildman–Crippen LogP) is 10.5. The van der Waals surface area contributed by atoms with Gasteiger partial charge in [-0.2, -0.15) is 0 Å². The molecule has 1 aliphatic carbocycles. The number of amides is 2. The minimum atomic E-state index is -1.49. The van der Waals surface area contributed by atoms with Crippen molar-refractivity contribution < 1.29 is 40.2 Å². The van der Waals surface area contributed by atoms with Crippen LogP contribution in [0.3, 0.4) is 0 Å². The fourth-order valence-electron chi connectivity index (χ4n) is 8.87. The molecule has 0 heterocycles. The Bertz CT molecular complexity index is 929. The van der Waals surface area contributed by atoms with E-state index in [9.17, 15) is 35.4 Å². The molecule has 1 aliphatic rings. The van der Waals surface area contributed by atoms with Crippen LogP contribution in [0, 0.1) is 5.92 Å². The Balaban J connectivity index is 2.26. The van der Waals surface area contributed by atoms with Crippen LogP contribution in [0.4, 0.5) is 4.79 Å². The summed E-state index contributed by atoms with van der Waals surface area (Å²) in [5.41, 5.74) is 0. The van der Waals surface area contributed by atoms with E-state index in [1.165, 1.54) is 180 Å². The summed E-state index contributed by atoms with van der Waals surface area (Å²) < 4.78 is 5.91. The van der Waals surface area contributed by atoms with Crippen LogP contribution in [0.2, 0.25) is 0 Å². The number of nitrogens with one attached hydrogen (secondary N) is 2. The van der Waals surface area contributed by atoms with Crippen molar-refractivity contribution in [3.05, 3.63) is 0 Å². The Labute approximate surface area is 369 Å². The lowest BCUT2D eigenvalue weighted by Gasteiger charge is -2.40. The zero-order valence-electron chi connectivity index (χ0n) is 39.2. The van der Waals surface area contributed by atoms with E-state index < -0.39 is 54.6 Å². The maximum atomic E-state index is 13.0. The summed E-state index contributed by atoms with van der Waals surface area (Å²) >= 11 is 0. The summed E-state index contributed by atoms with van der Waals surface area (Å²) in [6, 6.07) is -1.43. The molecule has 0 bridgehead atoms. The third-order valence-corrected chi connectivity index (χ3v) is 13.1. The van der Waals surface area contributed by atoms with E-state index in [0.717, 1.165) is 38.5 Å². The average molecular weight is 857 g/mol. The van der Waals surface area contributed by atoms with Gasteiger partial charge in [-0.05, 0) is 19.3 Å². The molecule has 0 aromatic heterocycles. The van der Waals surface area contributed by atoms with Gasteiger partial charge < -0.3 is 46.0 Å². The molecule has 60 heavy (non-hydrogen) atoms. The van der Waals surface area contributed by atoms with Crippen LogP contribution in [0.25, 0.3) is 0 Å². The standard InChI is InChI=1S/C50H100N2O8/c1-3-5-7-9-11-13-15-17-18-19-20-21-22-23-24-25-26-28-30-32-34-36-38-51-50(59)52-43(41-60-45-39-42(40-53)46(55)49(58)48(45)57)47(56)44(54)37-35-33-31-29-27-16-14-12-10-8-6-4-2/h42-49,53-58H,3-41H2,1-2H3,(H2,51,52,59)/t42-,43+,44-,45+,46+,47+,48+,49+/m1/s1. The largest absolute Gasteiger partial charge is 0.396 e. The van der Waals surface area contributed by atoms with Gasteiger partial charge in [-0.15, -0.1) is 0 Å². The monoisotopic (exact) mass is 857 g/mol. The van der Waals surface area contributed by atoms with Crippen LogP contribution in [-0.4, -0.2) is 99.1 Å². The van der Waals surface area contributed by atoms with Crippen LogP contribution >= 0.6 is 0 Å². The molecule has 358 valence electrons. The Morgan fingerprint density at radius 1 is 0.533 bits per heavy atom. The van der Waals surface area contributed by atoms with Crippen LogP contribution < -0.4 is 10.6 Å². The van der Waals surface area contributed by atoms with Gasteiger partial charge in [-0.3, -0.25) is 0 Å². The van der Waals surface area contributed by atoms with Crippen LogP contribution in [0.1, 0.15) is 245 Å². The minimum absolute atomic E-state index is 0.103. The van der Waals surface area contributed by atoms with E-state index >= 15 is 0 Å². The molecule has 8 N–H and O–H groups in total. The summed E-state index contributed by atoms with van der Waals surface area (Å²) in [6.45, 7) is 4.43. The zero-order chi connectivity index (χ0) is 43.9. The van der Waals surface area contributed by atoms with E-state index in [1.807, 2.05) is 0 Å². The van der Waals surface area contributed by atoms with Crippen molar-refractivity contribution in [2.24, 2.45) is 5.92 Å². The van der Waals surface area contributed by atoms with Crippen molar-refractivity contribution in [2.75, 3.05) is 19.8 Å². The molecule has 10 nitrogen and oxygen atoms in total. The number of ether oxygens (including phenoxy) is 1. The number of unbranched alkanes of at least 4 members (excludes halogenated alkanes) is 32. The molecule has 0 aromatic carbocycles. The number of aliphatic hydroxyl groups is 6. The van der Waals surface area contributed by atoms with E-state index in [1.54, 1.807) is 0 Å². The highest BCUT2D eigenvalue weighted by Crippen LogP contribution is 2.28. The Kier molecular flexibility index (Phi) is 38.7. The lowest BCUT2D eigenvalue weighted by Crippen LogP contribution is -2.57. The normalized spacial score (nSPS) is 20.9. The lowest BCUT2D eigenvalue weighted by atomic mass is 9.81. The number of rotatable bonds is 43. The van der Waals surface area contributed by atoms with Gasteiger partial charge in [0.2, 0.25) is 0 Å². The highest BCUT2D eigenvalue weighted by molar-refractivity contribution is 5.74. The maximum Gasteiger partial charge on any atom is 0.315 e. The second-order valence-electron chi connectivity index (χ2n) is 18.7. The van der Waals surface area contributed by atoms with Gasteiger partial charge in [0.1, 0.15) is 18.3 Å². The summed E-state index contributed by atoms with van der Waals surface area (Å²) in [5.74, 6) is -0.678. The molecule has 1 saturated carbocycles. The molecule has 2 amide bonds. The second kappa shape index (κ2) is 40.7. The van der Waals surface area contributed by atoms with Crippen molar-refractivity contribution in [2.45, 2.75) is 288 Å². The second-order valence-corrected chi connectivity index (χ2v) is 18.7. The van der Waals surface area contributed by atoms with E-state index in [-0.39, 0.29) is 19.6 Å². The van der Waals surface area contributed by atoms with Crippen molar-refractivity contribution in [3.63, 3.8) is 0 Å². The van der Waals surface area contributed by atoms with Gasteiger partial charge >= 0.3 is 6.03 Å². The summed E-state index contributed by atoms with van der Waals surface area (Å²) in [5, 5.41) is 68.5. The number of carbonyl (C=O) groups is 1. The van der Waals surface area contributed by atoms with Gasteiger partial charge in [-0.25, -0.2) is 4.79 Å². The molecule has 10 heteroatoms. The third kappa shape index (κ3) is 30.1. The summed E-state index contributed by atoms with van der Waals surface area (Å²) in [4.78, 5) is 13.0. The molecule has 0 aliphatic heterocycles. The number of hydrogen-bond acceptors (Lipinski definition) is 8. The molecule has 0 aromatic rings. The summed E-state index contributed by atoms with van der Waals surface area (Å²) in [7, 11) is 0. The van der Waals surface area contributed by atoms with Crippen LogP contribution in [0.5, 0.6) is 0 Å². The quantitative estimate of drug-likeness (QED) is 0.0280. The number of aliphatic hydroxyl groups excluding tert-OH is 6. The van der Waals surface area contributed by atoms with Crippen molar-refractivity contribution in [1.82, 2.24) is 10.6 Å². The van der Waals surface area contributed by atoms with Crippen LogP contribution in [0.15, 0.2) is 0 Å². The van der Waals surface area contributed by atoms with E-state index in [0.29, 0.717) is 13.0 Å². The SMILES string of the molecule is CCCCCCCCCCCCCCCCCCCCCCCCNC(=O)N[C@@H](CO[C@H]1C[C@H](CO)[C@H](O)[C@H](O)[C@H]1O)[C@H](O)[C@H](O)CCCCCCCCCCCCCC. The molecule has 0 saturated heterocycles.